The summed E-state index contributed by atoms with van der Waals surface area (Å²) in [6.45, 7) is 0.358. The molecule has 0 aliphatic carbocycles. The average Bonchev–Trinajstić information content (AvgIpc) is 2.71. The molecule has 8 nitrogen and oxygen atoms in total. The van der Waals surface area contributed by atoms with Gasteiger partial charge in [-0.25, -0.2) is 0 Å². The van der Waals surface area contributed by atoms with Gasteiger partial charge in [0.1, 0.15) is 11.5 Å². The summed E-state index contributed by atoms with van der Waals surface area (Å²) in [6.07, 6.45) is 1.77. The number of halogens is 1. The van der Waals surface area contributed by atoms with Crippen LogP contribution in [0.25, 0.3) is 0 Å². The summed E-state index contributed by atoms with van der Waals surface area (Å²) >= 11 is 7.31. The highest BCUT2D eigenvalue weighted by molar-refractivity contribution is 7.98. The second-order valence-electron chi connectivity index (χ2n) is 5.74. The van der Waals surface area contributed by atoms with Crippen LogP contribution in [-0.4, -0.2) is 28.3 Å². The summed E-state index contributed by atoms with van der Waals surface area (Å²) in [5.41, 5.74) is 0.589. The number of hydrogen-bond donors (Lipinski definition) is 1. The van der Waals surface area contributed by atoms with Crippen molar-refractivity contribution in [2.45, 2.75) is 11.7 Å². The summed E-state index contributed by atoms with van der Waals surface area (Å²) in [6, 6.07) is 14.2. The van der Waals surface area contributed by atoms with Gasteiger partial charge in [0.2, 0.25) is 5.82 Å². The summed E-state index contributed by atoms with van der Waals surface area (Å²) in [5, 5.41) is 15.5. The van der Waals surface area contributed by atoms with E-state index in [2.05, 4.69) is 15.3 Å². The van der Waals surface area contributed by atoms with Crippen molar-refractivity contribution in [3.05, 3.63) is 69.2 Å². The predicted octanol–water partition coefficient (Wildman–Crippen LogP) is 5.17. The molecule has 0 saturated heterocycles. The molecule has 10 heteroatoms. The number of anilines is 1. The minimum absolute atomic E-state index is 0.0715. The SMILES string of the molecule is COc1cc(Cl)cc(Oc2nc(SC)nc(NCc3ccccc3)c2[N+](=O)[O-])c1. The molecule has 0 aliphatic rings. The number of methoxy groups -OCH3 is 1. The van der Waals surface area contributed by atoms with E-state index in [1.807, 2.05) is 30.3 Å². The molecule has 0 unspecified atom stereocenters. The topological polar surface area (TPSA) is 99.4 Å². The molecule has 0 atom stereocenters. The van der Waals surface area contributed by atoms with Crippen molar-refractivity contribution in [3.63, 3.8) is 0 Å². The first-order valence-electron chi connectivity index (χ1n) is 8.40. The van der Waals surface area contributed by atoms with Crippen LogP contribution in [0, 0.1) is 10.1 Å². The van der Waals surface area contributed by atoms with Gasteiger partial charge in [-0.15, -0.1) is 0 Å². The van der Waals surface area contributed by atoms with E-state index in [0.29, 0.717) is 22.5 Å². The number of thioether (sulfide) groups is 1. The van der Waals surface area contributed by atoms with Crippen LogP contribution in [0.15, 0.2) is 53.7 Å². The number of nitrogens with one attached hydrogen (secondary N) is 1. The Balaban J connectivity index is 1.99. The van der Waals surface area contributed by atoms with Crippen LogP contribution < -0.4 is 14.8 Å². The standard InChI is InChI=1S/C19H17ClN4O4S/c1-27-14-8-13(20)9-15(10-14)28-18-16(24(25)26)17(22-19(23-18)29-2)21-11-12-6-4-3-5-7-12/h3-10H,11H2,1-2H3,(H,21,22,23). The van der Waals surface area contributed by atoms with Gasteiger partial charge in [0, 0.05) is 17.6 Å². The van der Waals surface area contributed by atoms with Crippen LogP contribution >= 0.6 is 23.4 Å². The van der Waals surface area contributed by atoms with Gasteiger partial charge in [0.05, 0.1) is 12.0 Å². The fourth-order valence-corrected chi connectivity index (χ4v) is 3.04. The fourth-order valence-electron chi connectivity index (χ4n) is 2.47. The molecule has 1 heterocycles. The molecule has 0 amide bonds. The number of nitrogens with zero attached hydrogens (tertiary/aromatic N) is 3. The lowest BCUT2D eigenvalue weighted by Gasteiger charge is -2.12. The molecule has 0 saturated carbocycles. The van der Waals surface area contributed by atoms with E-state index in [-0.39, 0.29) is 23.1 Å². The van der Waals surface area contributed by atoms with Crippen molar-refractivity contribution in [1.82, 2.24) is 9.97 Å². The molecule has 1 N–H and O–H groups in total. The van der Waals surface area contributed by atoms with E-state index in [1.165, 1.54) is 24.9 Å². The van der Waals surface area contributed by atoms with Gasteiger partial charge >= 0.3 is 11.6 Å². The van der Waals surface area contributed by atoms with Crippen molar-refractivity contribution in [2.24, 2.45) is 0 Å². The van der Waals surface area contributed by atoms with Crippen molar-refractivity contribution < 1.29 is 14.4 Å². The summed E-state index contributed by atoms with van der Waals surface area (Å²) < 4.78 is 10.9. The number of benzene rings is 2. The van der Waals surface area contributed by atoms with Gasteiger partial charge in [-0.1, -0.05) is 53.7 Å². The second-order valence-corrected chi connectivity index (χ2v) is 6.95. The minimum atomic E-state index is -0.575. The normalized spacial score (nSPS) is 10.4. The van der Waals surface area contributed by atoms with Crippen LogP contribution in [0.1, 0.15) is 5.56 Å². The number of nitro groups is 1. The number of hydrogen-bond acceptors (Lipinski definition) is 8. The highest BCUT2D eigenvalue weighted by Gasteiger charge is 2.27. The van der Waals surface area contributed by atoms with Crippen LogP contribution in [-0.2, 0) is 6.54 Å². The van der Waals surface area contributed by atoms with Crippen LogP contribution in [0.5, 0.6) is 17.4 Å². The van der Waals surface area contributed by atoms with Crippen molar-refractivity contribution in [1.29, 1.82) is 0 Å². The minimum Gasteiger partial charge on any atom is -0.497 e. The van der Waals surface area contributed by atoms with Crippen molar-refractivity contribution in [2.75, 3.05) is 18.7 Å². The predicted molar refractivity (Wildman–Crippen MR) is 112 cm³/mol. The third-order valence-electron chi connectivity index (χ3n) is 3.79. The molecular formula is C19H17ClN4O4S. The van der Waals surface area contributed by atoms with Gasteiger partial charge in [0.15, 0.2) is 5.16 Å². The summed E-state index contributed by atoms with van der Waals surface area (Å²) in [7, 11) is 1.49. The Hall–Kier alpha value is -3.04. The zero-order valence-electron chi connectivity index (χ0n) is 15.6. The molecule has 0 aliphatic heterocycles. The molecule has 3 aromatic rings. The highest BCUT2D eigenvalue weighted by Crippen LogP contribution is 2.38. The Morgan fingerprint density at radius 3 is 2.55 bits per heavy atom. The molecule has 150 valence electrons. The summed E-state index contributed by atoms with van der Waals surface area (Å²) in [5.74, 6) is 0.602. The van der Waals surface area contributed by atoms with Gasteiger partial charge in [-0.3, -0.25) is 10.1 Å². The Labute approximate surface area is 176 Å². The maximum atomic E-state index is 11.8. The van der Waals surface area contributed by atoms with E-state index in [0.717, 1.165) is 5.56 Å². The number of rotatable bonds is 8. The molecule has 0 spiro atoms. The fraction of sp³-hybridized carbons (Fsp3) is 0.158. The molecule has 29 heavy (non-hydrogen) atoms. The Morgan fingerprint density at radius 2 is 1.90 bits per heavy atom. The Bertz CT molecular complexity index is 1020. The maximum Gasteiger partial charge on any atom is 0.373 e. The smallest absolute Gasteiger partial charge is 0.373 e. The lowest BCUT2D eigenvalue weighted by Crippen LogP contribution is -2.08. The largest absolute Gasteiger partial charge is 0.497 e. The van der Waals surface area contributed by atoms with E-state index in [9.17, 15) is 10.1 Å². The van der Waals surface area contributed by atoms with E-state index >= 15 is 0 Å². The first-order valence-corrected chi connectivity index (χ1v) is 10.0. The lowest BCUT2D eigenvalue weighted by atomic mass is 10.2. The maximum absolute atomic E-state index is 11.8. The van der Waals surface area contributed by atoms with Crippen LogP contribution in [0.3, 0.4) is 0 Å². The van der Waals surface area contributed by atoms with E-state index in [4.69, 9.17) is 21.1 Å². The van der Waals surface area contributed by atoms with E-state index in [1.54, 1.807) is 18.4 Å². The van der Waals surface area contributed by atoms with Crippen LogP contribution in [0.2, 0.25) is 5.02 Å². The third-order valence-corrected chi connectivity index (χ3v) is 4.56. The lowest BCUT2D eigenvalue weighted by molar-refractivity contribution is -0.385. The molecule has 1 aromatic heterocycles. The number of ether oxygens (including phenoxy) is 2. The molecule has 0 bridgehead atoms. The van der Waals surface area contributed by atoms with Gasteiger partial charge < -0.3 is 14.8 Å². The third kappa shape index (κ3) is 5.27. The van der Waals surface area contributed by atoms with Gasteiger partial charge in [-0.05, 0) is 24.0 Å². The molecular weight excluding hydrogens is 416 g/mol. The zero-order valence-corrected chi connectivity index (χ0v) is 17.2. The average molecular weight is 433 g/mol. The molecule has 0 fully saturated rings. The van der Waals surface area contributed by atoms with Crippen molar-refractivity contribution in [3.8, 4) is 17.4 Å². The van der Waals surface area contributed by atoms with Crippen molar-refractivity contribution >= 4 is 34.9 Å². The second kappa shape index (κ2) is 9.44. The van der Waals surface area contributed by atoms with Gasteiger partial charge in [0.25, 0.3) is 0 Å². The van der Waals surface area contributed by atoms with Gasteiger partial charge in [-0.2, -0.15) is 9.97 Å². The Morgan fingerprint density at radius 1 is 1.17 bits per heavy atom. The molecule has 0 radical (unpaired) electrons. The molecule has 2 aromatic carbocycles. The monoisotopic (exact) mass is 432 g/mol. The first-order chi connectivity index (χ1) is 14.0. The first kappa shape index (κ1) is 20.7. The highest BCUT2D eigenvalue weighted by atomic mass is 35.5. The quantitative estimate of drug-likeness (QED) is 0.225. The summed E-state index contributed by atoms with van der Waals surface area (Å²) in [4.78, 5) is 19.6. The zero-order chi connectivity index (χ0) is 20.8. The van der Waals surface area contributed by atoms with E-state index < -0.39 is 4.92 Å². The number of aromatic nitrogens is 2. The molecule has 3 rings (SSSR count). The Kier molecular flexibility index (Phi) is 6.73. The van der Waals surface area contributed by atoms with Crippen LogP contribution in [0.4, 0.5) is 11.5 Å².